The van der Waals surface area contributed by atoms with Crippen molar-refractivity contribution in [3.63, 3.8) is 0 Å². The summed E-state index contributed by atoms with van der Waals surface area (Å²) in [5.41, 5.74) is 0.291. The molecule has 0 spiro atoms. The van der Waals surface area contributed by atoms with Crippen LogP contribution in [0.3, 0.4) is 0 Å². The summed E-state index contributed by atoms with van der Waals surface area (Å²) in [6.07, 6.45) is 4.85. The van der Waals surface area contributed by atoms with Gasteiger partial charge in [-0.05, 0) is 25.9 Å². The molecule has 9 heteroatoms. The fraction of sp³-hybridized carbons (Fsp3) is 0.600. The fourth-order valence-corrected chi connectivity index (χ4v) is 2.90. The van der Waals surface area contributed by atoms with Crippen LogP contribution in [0.2, 0.25) is 0 Å². The summed E-state index contributed by atoms with van der Waals surface area (Å²) in [7, 11) is -3.87. The molecule has 0 atom stereocenters. The van der Waals surface area contributed by atoms with E-state index in [1.165, 1.54) is 6.20 Å². The van der Waals surface area contributed by atoms with Gasteiger partial charge in [0.1, 0.15) is 0 Å². The third-order valence-electron chi connectivity index (χ3n) is 2.87. The number of hydrogen-bond acceptors (Lipinski definition) is 5. The highest BCUT2D eigenvalue weighted by molar-refractivity contribution is 7.93. The minimum absolute atomic E-state index is 0.249. The second kappa shape index (κ2) is 5.57. The number of aromatic nitrogens is 2. The Labute approximate surface area is 110 Å². The second-order valence-corrected chi connectivity index (χ2v) is 6.17. The summed E-state index contributed by atoms with van der Waals surface area (Å²) in [4.78, 5) is 10.4. The number of rotatable bonds is 5. The normalized spacial score (nSPS) is 17.3. The van der Waals surface area contributed by atoms with Crippen molar-refractivity contribution in [3.8, 4) is 0 Å². The lowest BCUT2D eigenvalue weighted by atomic mass is 10.1. The second-order valence-electron chi connectivity index (χ2n) is 4.45. The predicted molar refractivity (Wildman–Crippen MR) is 68.4 cm³/mol. The lowest BCUT2D eigenvalue weighted by molar-refractivity contribution is -0.134. The number of carboxylic acids is 1. The maximum atomic E-state index is 11.5. The molecule has 0 aromatic carbocycles. The van der Waals surface area contributed by atoms with Crippen LogP contribution in [0.15, 0.2) is 12.4 Å². The van der Waals surface area contributed by atoms with Gasteiger partial charge in [0, 0.05) is 6.20 Å². The van der Waals surface area contributed by atoms with Crippen LogP contribution in [0.1, 0.15) is 18.9 Å². The number of piperidine rings is 1. The van der Waals surface area contributed by atoms with Gasteiger partial charge in [0.2, 0.25) is 10.0 Å². The lowest BCUT2D eigenvalue weighted by Crippen LogP contribution is -2.29. The Balaban J connectivity index is 2.02. The quantitative estimate of drug-likeness (QED) is 0.681. The summed E-state index contributed by atoms with van der Waals surface area (Å²) < 4.78 is 26.8. The van der Waals surface area contributed by atoms with Gasteiger partial charge in [-0.2, -0.15) is 5.10 Å². The average molecular weight is 288 g/mol. The maximum Gasteiger partial charge on any atom is 0.320 e. The molecule has 1 fully saturated rings. The molecule has 8 nitrogen and oxygen atoms in total. The van der Waals surface area contributed by atoms with Gasteiger partial charge in [0.05, 0.1) is 17.9 Å². The van der Waals surface area contributed by atoms with Crippen molar-refractivity contribution < 1.29 is 18.3 Å². The van der Waals surface area contributed by atoms with E-state index in [9.17, 15) is 13.2 Å². The van der Waals surface area contributed by atoms with Gasteiger partial charge in [-0.25, -0.2) is 8.42 Å². The summed E-state index contributed by atoms with van der Waals surface area (Å²) in [5.74, 6) is -2.34. The van der Waals surface area contributed by atoms with E-state index in [1.54, 1.807) is 10.9 Å². The van der Waals surface area contributed by atoms with E-state index in [1.807, 2.05) is 0 Å². The molecule has 106 valence electrons. The van der Waals surface area contributed by atoms with Crippen LogP contribution in [0.25, 0.3) is 0 Å². The molecule has 1 saturated heterocycles. The Morgan fingerprint density at radius 3 is 2.84 bits per heavy atom. The van der Waals surface area contributed by atoms with Gasteiger partial charge in [0.25, 0.3) is 0 Å². The molecule has 3 N–H and O–H groups in total. The van der Waals surface area contributed by atoms with Crippen molar-refractivity contribution in [2.75, 3.05) is 23.6 Å². The van der Waals surface area contributed by atoms with E-state index in [-0.39, 0.29) is 6.04 Å². The standard InChI is InChI=1S/C10H16N4O4S/c15-10(16)7-19(17,18)13-8-5-12-14(6-8)9-1-3-11-4-2-9/h5-6,9,11,13H,1-4,7H2,(H,15,16). The summed E-state index contributed by atoms with van der Waals surface area (Å²) in [5, 5.41) is 15.8. The zero-order valence-electron chi connectivity index (χ0n) is 10.2. The molecule has 2 rings (SSSR count). The van der Waals surface area contributed by atoms with Gasteiger partial charge in [-0.15, -0.1) is 0 Å². The van der Waals surface area contributed by atoms with Crippen LogP contribution in [-0.2, 0) is 14.8 Å². The molecule has 0 amide bonds. The van der Waals surface area contributed by atoms with Crippen molar-refractivity contribution in [1.29, 1.82) is 0 Å². The summed E-state index contributed by atoms with van der Waals surface area (Å²) in [6.45, 7) is 1.81. The van der Waals surface area contributed by atoms with Crippen LogP contribution < -0.4 is 10.0 Å². The Kier molecular flexibility index (Phi) is 4.05. The van der Waals surface area contributed by atoms with E-state index >= 15 is 0 Å². The molecule has 0 radical (unpaired) electrons. The van der Waals surface area contributed by atoms with Crippen LogP contribution >= 0.6 is 0 Å². The smallest absolute Gasteiger partial charge is 0.320 e. The summed E-state index contributed by atoms with van der Waals surface area (Å²) >= 11 is 0. The molecule has 0 unspecified atom stereocenters. The zero-order chi connectivity index (χ0) is 13.9. The third-order valence-corrected chi connectivity index (χ3v) is 4.04. The molecular formula is C10H16N4O4S. The molecule has 0 aliphatic carbocycles. The number of nitrogens with one attached hydrogen (secondary N) is 2. The van der Waals surface area contributed by atoms with E-state index in [4.69, 9.17) is 5.11 Å². The number of sulfonamides is 1. The summed E-state index contributed by atoms with van der Waals surface area (Å²) in [6, 6.07) is 0.249. The van der Waals surface area contributed by atoms with Crippen molar-refractivity contribution in [1.82, 2.24) is 15.1 Å². The van der Waals surface area contributed by atoms with Crippen LogP contribution in [-0.4, -0.2) is 48.1 Å². The maximum absolute atomic E-state index is 11.5. The first kappa shape index (κ1) is 13.8. The Bertz CT molecular complexity index is 548. The number of hydrogen-bond donors (Lipinski definition) is 3. The third kappa shape index (κ3) is 3.93. The Morgan fingerprint density at radius 2 is 2.21 bits per heavy atom. The van der Waals surface area contributed by atoms with Crippen LogP contribution in [0, 0.1) is 0 Å². The van der Waals surface area contributed by atoms with Crippen molar-refractivity contribution >= 4 is 21.7 Å². The molecule has 19 heavy (non-hydrogen) atoms. The molecule has 0 saturated carbocycles. The molecule has 1 aromatic heterocycles. The topological polar surface area (TPSA) is 113 Å². The Morgan fingerprint density at radius 1 is 1.53 bits per heavy atom. The number of aliphatic carboxylic acids is 1. The van der Waals surface area contributed by atoms with Gasteiger partial charge < -0.3 is 10.4 Å². The van der Waals surface area contributed by atoms with E-state index in [2.05, 4.69) is 15.1 Å². The fourth-order valence-electron chi connectivity index (χ4n) is 2.04. The van der Waals surface area contributed by atoms with Crippen LogP contribution in [0.5, 0.6) is 0 Å². The molecular weight excluding hydrogens is 272 g/mol. The lowest BCUT2D eigenvalue weighted by Gasteiger charge is -2.22. The SMILES string of the molecule is O=C(O)CS(=O)(=O)Nc1cnn(C2CCNCC2)c1. The monoisotopic (exact) mass is 288 g/mol. The van der Waals surface area contributed by atoms with E-state index in [0.717, 1.165) is 25.9 Å². The molecule has 1 aliphatic rings. The molecule has 2 heterocycles. The number of nitrogens with zero attached hydrogens (tertiary/aromatic N) is 2. The first-order valence-corrected chi connectivity index (χ1v) is 7.59. The van der Waals surface area contributed by atoms with Gasteiger partial charge in [0.15, 0.2) is 5.75 Å². The van der Waals surface area contributed by atoms with Gasteiger partial charge in [-0.3, -0.25) is 14.2 Å². The van der Waals surface area contributed by atoms with Gasteiger partial charge in [-0.1, -0.05) is 0 Å². The zero-order valence-corrected chi connectivity index (χ0v) is 11.1. The van der Waals surface area contributed by atoms with E-state index < -0.39 is 21.7 Å². The number of carboxylic acid groups (broad SMARTS) is 1. The largest absolute Gasteiger partial charge is 0.480 e. The highest BCUT2D eigenvalue weighted by Crippen LogP contribution is 2.19. The molecule has 1 aromatic rings. The highest BCUT2D eigenvalue weighted by Gasteiger charge is 2.19. The highest BCUT2D eigenvalue weighted by atomic mass is 32.2. The Hall–Kier alpha value is -1.61. The van der Waals surface area contributed by atoms with E-state index in [0.29, 0.717) is 5.69 Å². The first-order valence-electron chi connectivity index (χ1n) is 5.93. The minimum Gasteiger partial charge on any atom is -0.480 e. The average Bonchev–Trinajstić information content (AvgIpc) is 2.76. The first-order chi connectivity index (χ1) is 8.96. The number of anilines is 1. The molecule has 1 aliphatic heterocycles. The van der Waals surface area contributed by atoms with Crippen molar-refractivity contribution in [3.05, 3.63) is 12.4 Å². The minimum atomic E-state index is -3.87. The predicted octanol–water partition coefficient (Wildman–Crippen LogP) is -0.366. The van der Waals surface area contributed by atoms with Crippen molar-refractivity contribution in [2.45, 2.75) is 18.9 Å². The van der Waals surface area contributed by atoms with Gasteiger partial charge >= 0.3 is 5.97 Å². The molecule has 0 bridgehead atoms. The van der Waals surface area contributed by atoms with Crippen molar-refractivity contribution in [2.24, 2.45) is 0 Å². The van der Waals surface area contributed by atoms with Crippen LogP contribution in [0.4, 0.5) is 5.69 Å². The number of carbonyl (C=O) groups is 1.